The number of halogens is 2. The molecule has 0 saturated carbocycles. The minimum Gasteiger partial charge on any atom is -0.464 e. The van der Waals surface area contributed by atoms with Crippen molar-refractivity contribution in [2.45, 2.75) is 26.5 Å². The van der Waals surface area contributed by atoms with Crippen LogP contribution in [-0.4, -0.2) is 6.61 Å². The van der Waals surface area contributed by atoms with Crippen LogP contribution in [0.4, 0.5) is 14.5 Å². The van der Waals surface area contributed by atoms with Gasteiger partial charge in [-0.25, -0.2) is 0 Å². The van der Waals surface area contributed by atoms with E-state index in [0.29, 0.717) is 5.69 Å². The standard InChI is InChI=1S/C14H15F2NO2/c1-9-6-7-13(18-9)10(2)17-11-4-3-5-12(8-11)19-14(15)16/h3-8,10,14,17H,1-2H3. The highest BCUT2D eigenvalue weighted by Gasteiger charge is 2.10. The molecule has 1 aromatic carbocycles. The van der Waals surface area contributed by atoms with Crippen LogP contribution in [0.1, 0.15) is 24.5 Å². The van der Waals surface area contributed by atoms with E-state index in [4.69, 9.17) is 4.42 Å². The first-order valence-electron chi connectivity index (χ1n) is 5.92. The fraction of sp³-hybridized carbons (Fsp3) is 0.286. The second-order valence-corrected chi connectivity index (χ2v) is 4.22. The number of aryl methyl sites for hydroxylation is 1. The van der Waals surface area contributed by atoms with Gasteiger partial charge >= 0.3 is 6.61 Å². The third-order valence-corrected chi connectivity index (χ3v) is 2.63. The summed E-state index contributed by atoms with van der Waals surface area (Å²) in [6.45, 7) is 0.979. The van der Waals surface area contributed by atoms with E-state index in [9.17, 15) is 8.78 Å². The lowest BCUT2D eigenvalue weighted by Crippen LogP contribution is -2.06. The average molecular weight is 267 g/mol. The molecule has 19 heavy (non-hydrogen) atoms. The number of ether oxygens (including phenoxy) is 1. The molecule has 0 fully saturated rings. The van der Waals surface area contributed by atoms with Gasteiger partial charge in [0.25, 0.3) is 0 Å². The summed E-state index contributed by atoms with van der Waals surface area (Å²) in [7, 11) is 0. The summed E-state index contributed by atoms with van der Waals surface area (Å²) < 4.78 is 34.1. The largest absolute Gasteiger partial charge is 0.464 e. The number of benzene rings is 1. The average Bonchev–Trinajstić information content (AvgIpc) is 2.75. The zero-order valence-corrected chi connectivity index (χ0v) is 10.7. The molecule has 0 radical (unpaired) electrons. The lowest BCUT2D eigenvalue weighted by atomic mass is 10.2. The Balaban J connectivity index is 2.06. The van der Waals surface area contributed by atoms with Crippen LogP contribution >= 0.6 is 0 Å². The lowest BCUT2D eigenvalue weighted by molar-refractivity contribution is -0.0498. The molecule has 0 aliphatic heterocycles. The highest BCUT2D eigenvalue weighted by Crippen LogP contribution is 2.24. The summed E-state index contributed by atoms with van der Waals surface area (Å²) >= 11 is 0. The maximum atomic E-state index is 12.1. The minimum absolute atomic E-state index is 0.0597. The number of hydrogen-bond acceptors (Lipinski definition) is 3. The molecule has 0 saturated heterocycles. The van der Waals surface area contributed by atoms with Gasteiger partial charge in [-0.05, 0) is 38.1 Å². The molecule has 5 heteroatoms. The van der Waals surface area contributed by atoms with Gasteiger partial charge in [-0.2, -0.15) is 8.78 Å². The predicted octanol–water partition coefficient (Wildman–Crippen LogP) is 4.36. The van der Waals surface area contributed by atoms with Crippen LogP contribution in [0.25, 0.3) is 0 Å². The number of nitrogens with one attached hydrogen (secondary N) is 1. The Morgan fingerprint density at radius 3 is 2.63 bits per heavy atom. The lowest BCUT2D eigenvalue weighted by Gasteiger charge is -2.14. The van der Waals surface area contributed by atoms with Crippen LogP contribution in [-0.2, 0) is 0 Å². The van der Waals surface area contributed by atoms with Gasteiger partial charge in [0.2, 0.25) is 0 Å². The molecule has 3 nitrogen and oxygen atoms in total. The first-order valence-corrected chi connectivity index (χ1v) is 5.92. The SMILES string of the molecule is Cc1ccc(C(C)Nc2cccc(OC(F)F)c2)o1. The monoisotopic (exact) mass is 267 g/mol. The molecule has 2 rings (SSSR count). The van der Waals surface area contributed by atoms with Gasteiger partial charge in [0.05, 0.1) is 6.04 Å². The molecule has 1 unspecified atom stereocenters. The maximum absolute atomic E-state index is 12.1. The smallest absolute Gasteiger partial charge is 0.387 e. The van der Waals surface area contributed by atoms with Gasteiger partial charge in [0, 0.05) is 11.8 Å². The molecule has 0 aliphatic rings. The Morgan fingerprint density at radius 2 is 2.00 bits per heavy atom. The molecule has 1 aromatic heterocycles. The van der Waals surface area contributed by atoms with Gasteiger partial charge in [-0.1, -0.05) is 6.07 Å². The molecule has 0 aliphatic carbocycles. The van der Waals surface area contributed by atoms with E-state index in [2.05, 4.69) is 10.1 Å². The van der Waals surface area contributed by atoms with E-state index >= 15 is 0 Å². The Kier molecular flexibility index (Phi) is 4.04. The third-order valence-electron chi connectivity index (χ3n) is 2.63. The number of furan rings is 1. The molecule has 0 spiro atoms. The fourth-order valence-electron chi connectivity index (χ4n) is 1.77. The van der Waals surface area contributed by atoms with Crippen LogP contribution < -0.4 is 10.1 Å². The normalized spacial score (nSPS) is 12.5. The van der Waals surface area contributed by atoms with Crippen LogP contribution in [0.2, 0.25) is 0 Å². The topological polar surface area (TPSA) is 34.4 Å². The summed E-state index contributed by atoms with van der Waals surface area (Å²) in [5.74, 6) is 1.75. The second-order valence-electron chi connectivity index (χ2n) is 4.22. The summed E-state index contributed by atoms with van der Waals surface area (Å²) in [6.07, 6.45) is 0. The van der Waals surface area contributed by atoms with Gasteiger partial charge in [0.1, 0.15) is 17.3 Å². The summed E-state index contributed by atoms with van der Waals surface area (Å²) in [6, 6.07) is 10.1. The van der Waals surface area contributed by atoms with Gasteiger partial charge < -0.3 is 14.5 Å². The van der Waals surface area contributed by atoms with Crippen LogP contribution in [0.15, 0.2) is 40.8 Å². The molecule has 0 bridgehead atoms. The van der Waals surface area contributed by atoms with Crippen molar-refractivity contribution in [3.05, 3.63) is 47.9 Å². The van der Waals surface area contributed by atoms with Crippen molar-refractivity contribution in [1.29, 1.82) is 0 Å². The van der Waals surface area contributed by atoms with E-state index in [1.165, 1.54) is 12.1 Å². The maximum Gasteiger partial charge on any atom is 0.387 e. The first-order chi connectivity index (χ1) is 9.04. The number of rotatable bonds is 5. The zero-order chi connectivity index (χ0) is 13.8. The molecular formula is C14H15F2NO2. The zero-order valence-electron chi connectivity index (χ0n) is 10.7. The third kappa shape index (κ3) is 3.71. The van der Waals surface area contributed by atoms with E-state index < -0.39 is 6.61 Å². The van der Waals surface area contributed by atoms with Crippen LogP contribution in [0, 0.1) is 6.92 Å². The van der Waals surface area contributed by atoms with Crippen molar-refractivity contribution >= 4 is 5.69 Å². The first kappa shape index (κ1) is 13.4. The number of anilines is 1. The van der Waals surface area contributed by atoms with Crippen LogP contribution in [0.5, 0.6) is 5.75 Å². The van der Waals surface area contributed by atoms with E-state index in [0.717, 1.165) is 11.5 Å². The van der Waals surface area contributed by atoms with Gasteiger partial charge in [-0.15, -0.1) is 0 Å². The summed E-state index contributed by atoms with van der Waals surface area (Å²) in [5.41, 5.74) is 0.694. The Bertz CT molecular complexity index is 540. The molecule has 1 atom stereocenters. The number of alkyl halides is 2. The molecule has 0 amide bonds. The molecule has 2 aromatic rings. The molecule has 102 valence electrons. The Hall–Kier alpha value is -2.04. The molecule has 1 N–H and O–H groups in total. The van der Waals surface area contributed by atoms with E-state index in [1.54, 1.807) is 12.1 Å². The molecule has 1 heterocycles. The van der Waals surface area contributed by atoms with Crippen molar-refractivity contribution < 1.29 is 17.9 Å². The minimum atomic E-state index is -2.82. The Labute approximate surface area is 110 Å². The highest BCUT2D eigenvalue weighted by molar-refractivity contribution is 5.49. The van der Waals surface area contributed by atoms with Crippen molar-refractivity contribution in [2.75, 3.05) is 5.32 Å². The number of hydrogen-bond donors (Lipinski definition) is 1. The van der Waals surface area contributed by atoms with E-state index in [1.807, 2.05) is 26.0 Å². The van der Waals surface area contributed by atoms with Crippen molar-refractivity contribution in [3.8, 4) is 5.75 Å². The second kappa shape index (κ2) is 5.73. The summed E-state index contributed by atoms with van der Waals surface area (Å²) in [4.78, 5) is 0. The molecular weight excluding hydrogens is 252 g/mol. The highest BCUT2D eigenvalue weighted by atomic mass is 19.3. The fourth-order valence-corrected chi connectivity index (χ4v) is 1.77. The van der Waals surface area contributed by atoms with Gasteiger partial charge in [-0.3, -0.25) is 0 Å². The van der Waals surface area contributed by atoms with E-state index in [-0.39, 0.29) is 11.8 Å². The van der Waals surface area contributed by atoms with Crippen molar-refractivity contribution in [1.82, 2.24) is 0 Å². The predicted molar refractivity (Wildman–Crippen MR) is 68.6 cm³/mol. The van der Waals surface area contributed by atoms with Gasteiger partial charge in [0.15, 0.2) is 0 Å². The quantitative estimate of drug-likeness (QED) is 0.873. The van der Waals surface area contributed by atoms with Crippen molar-refractivity contribution in [3.63, 3.8) is 0 Å². The van der Waals surface area contributed by atoms with Crippen molar-refractivity contribution in [2.24, 2.45) is 0 Å². The Morgan fingerprint density at radius 1 is 1.21 bits per heavy atom. The van der Waals surface area contributed by atoms with Crippen LogP contribution in [0.3, 0.4) is 0 Å². The summed E-state index contributed by atoms with van der Waals surface area (Å²) in [5, 5.41) is 3.17.